The van der Waals surface area contributed by atoms with Crippen molar-refractivity contribution in [3.8, 4) is 0 Å². The third-order valence-electron chi connectivity index (χ3n) is 1.57. The Morgan fingerprint density at radius 2 is 2.40 bits per heavy atom. The van der Waals surface area contributed by atoms with Crippen molar-refractivity contribution in [1.82, 2.24) is 0 Å². The molecule has 0 aliphatic heterocycles. The Balaban J connectivity index is 2.80. The zero-order valence-corrected chi connectivity index (χ0v) is 6.95. The van der Waals surface area contributed by atoms with Crippen molar-refractivity contribution in [2.45, 2.75) is 13.3 Å². The van der Waals surface area contributed by atoms with Crippen LogP contribution in [0.3, 0.4) is 0 Å². The van der Waals surface area contributed by atoms with Crippen molar-refractivity contribution in [2.24, 2.45) is 5.92 Å². The second kappa shape index (κ2) is 3.11. The van der Waals surface area contributed by atoms with Crippen LogP contribution in [-0.2, 0) is 0 Å². The summed E-state index contributed by atoms with van der Waals surface area (Å²) >= 11 is 5.14. The van der Waals surface area contributed by atoms with Gasteiger partial charge in [-0.3, -0.25) is 0 Å². The molecule has 0 aromatic carbocycles. The van der Waals surface area contributed by atoms with Crippen LogP contribution in [0.2, 0.25) is 0 Å². The van der Waals surface area contributed by atoms with E-state index in [1.54, 1.807) is 0 Å². The summed E-state index contributed by atoms with van der Waals surface area (Å²) in [7, 11) is 0. The number of thiocarbonyl (C=S) groups is 1. The van der Waals surface area contributed by atoms with Gasteiger partial charge in [-0.2, -0.15) is 0 Å². The number of hydrogen-bond donors (Lipinski definition) is 0. The van der Waals surface area contributed by atoms with Crippen LogP contribution in [0.25, 0.3) is 0 Å². The van der Waals surface area contributed by atoms with Crippen molar-refractivity contribution in [2.75, 3.05) is 0 Å². The maximum atomic E-state index is 5.14. The molecular weight excluding hydrogens is 140 g/mol. The van der Waals surface area contributed by atoms with E-state index in [9.17, 15) is 0 Å². The molecule has 1 aliphatic rings. The summed E-state index contributed by atoms with van der Waals surface area (Å²) in [5, 5.41) is 0. The van der Waals surface area contributed by atoms with Crippen LogP contribution in [-0.4, -0.2) is 4.86 Å². The summed E-state index contributed by atoms with van der Waals surface area (Å²) in [5.41, 5.74) is 1.22. The Morgan fingerprint density at radius 3 is 2.80 bits per heavy atom. The van der Waals surface area contributed by atoms with Crippen molar-refractivity contribution in [3.05, 3.63) is 30.7 Å². The monoisotopic (exact) mass is 151 g/mol. The van der Waals surface area contributed by atoms with Gasteiger partial charge in [0, 0.05) is 11.3 Å². The predicted molar refractivity (Wildman–Crippen MR) is 49.0 cm³/mol. The highest BCUT2D eigenvalue weighted by Gasteiger charge is 2.08. The van der Waals surface area contributed by atoms with E-state index in [4.69, 9.17) is 12.2 Å². The fourth-order valence-corrected chi connectivity index (χ4v) is 1.36. The van der Waals surface area contributed by atoms with E-state index in [1.807, 2.05) is 6.08 Å². The predicted octanol–water partition coefficient (Wildman–Crippen LogP) is 2.71. The quantitative estimate of drug-likeness (QED) is 0.519. The second-order valence-corrected chi connectivity index (χ2v) is 3.07. The maximum Gasteiger partial charge on any atom is 0.0224 e. The Bertz CT molecular complexity index is 197. The lowest BCUT2D eigenvalue weighted by atomic mass is 9.95. The van der Waals surface area contributed by atoms with Crippen molar-refractivity contribution in [3.63, 3.8) is 0 Å². The lowest BCUT2D eigenvalue weighted by Gasteiger charge is -2.13. The van der Waals surface area contributed by atoms with Gasteiger partial charge >= 0.3 is 0 Å². The number of allylic oxidation sites excluding steroid dienone is 4. The van der Waals surface area contributed by atoms with Gasteiger partial charge in [-0.15, -0.1) is 0 Å². The molecule has 1 atom stereocenters. The van der Waals surface area contributed by atoms with Gasteiger partial charge in [0.25, 0.3) is 0 Å². The first-order chi connectivity index (χ1) is 4.72. The van der Waals surface area contributed by atoms with E-state index < -0.39 is 0 Å². The van der Waals surface area contributed by atoms with Gasteiger partial charge in [0.1, 0.15) is 0 Å². The maximum absolute atomic E-state index is 5.14. The molecule has 0 N–H and O–H groups in total. The second-order valence-electron chi connectivity index (χ2n) is 2.58. The van der Waals surface area contributed by atoms with E-state index in [-0.39, 0.29) is 0 Å². The van der Waals surface area contributed by atoms with Crippen LogP contribution in [0.1, 0.15) is 13.3 Å². The molecule has 0 saturated heterocycles. The lowest BCUT2D eigenvalue weighted by molar-refractivity contribution is 0.898. The zero-order chi connectivity index (χ0) is 7.56. The van der Waals surface area contributed by atoms with Gasteiger partial charge in [0.05, 0.1) is 0 Å². The third-order valence-corrected chi connectivity index (χ3v) is 1.97. The fourth-order valence-electron chi connectivity index (χ4n) is 0.997. The average Bonchev–Trinajstić information content (AvgIpc) is 1.88. The number of rotatable bonds is 1. The molecule has 0 fully saturated rings. The van der Waals surface area contributed by atoms with Crippen LogP contribution in [0.5, 0.6) is 0 Å². The summed E-state index contributed by atoms with van der Waals surface area (Å²) in [4.78, 5) is 1.05. The van der Waals surface area contributed by atoms with Crippen molar-refractivity contribution >= 4 is 17.1 Å². The van der Waals surface area contributed by atoms with Crippen LogP contribution in [0.4, 0.5) is 0 Å². The van der Waals surface area contributed by atoms with Crippen molar-refractivity contribution in [1.29, 1.82) is 0 Å². The molecule has 1 rings (SSSR count). The molecule has 1 heteroatoms. The molecule has 0 aromatic rings. The normalized spacial score (nSPS) is 17.9. The molecule has 0 heterocycles. The summed E-state index contributed by atoms with van der Waals surface area (Å²) in [6.07, 6.45) is 7.10. The first-order valence-electron chi connectivity index (χ1n) is 3.45. The molecule has 0 bridgehead atoms. The first kappa shape index (κ1) is 7.67. The molecule has 1 unspecified atom stereocenters. The van der Waals surface area contributed by atoms with Gasteiger partial charge < -0.3 is 0 Å². The van der Waals surface area contributed by atoms with Crippen LogP contribution >= 0.6 is 12.2 Å². The van der Waals surface area contributed by atoms with Crippen LogP contribution in [0, 0.1) is 12.8 Å². The first-order valence-corrected chi connectivity index (χ1v) is 3.85. The minimum Gasteiger partial charge on any atom is -0.0843 e. The van der Waals surface area contributed by atoms with Crippen LogP contribution in [0.15, 0.2) is 23.8 Å². The van der Waals surface area contributed by atoms with Crippen molar-refractivity contribution < 1.29 is 0 Å². The SMILES string of the molecule is [CH2]C(C)C1=CC=CCC1=S. The van der Waals surface area contributed by atoms with Gasteiger partial charge in [0.15, 0.2) is 0 Å². The minimum atomic E-state index is 0.331. The molecule has 0 aromatic heterocycles. The largest absolute Gasteiger partial charge is 0.0843 e. The molecule has 0 amide bonds. The lowest BCUT2D eigenvalue weighted by Crippen LogP contribution is -2.07. The minimum absolute atomic E-state index is 0.331. The van der Waals surface area contributed by atoms with E-state index in [0.29, 0.717) is 5.92 Å². The summed E-state index contributed by atoms with van der Waals surface area (Å²) in [6.45, 7) is 5.99. The average molecular weight is 151 g/mol. The van der Waals surface area contributed by atoms with E-state index in [0.717, 1.165) is 11.3 Å². The highest BCUT2D eigenvalue weighted by molar-refractivity contribution is 7.80. The smallest absolute Gasteiger partial charge is 0.0224 e. The topological polar surface area (TPSA) is 0 Å². The van der Waals surface area contributed by atoms with Gasteiger partial charge in [-0.1, -0.05) is 37.4 Å². The molecular formula is C9H11S. The highest BCUT2D eigenvalue weighted by atomic mass is 32.1. The number of hydrogen-bond acceptors (Lipinski definition) is 1. The molecule has 0 saturated carbocycles. The highest BCUT2D eigenvalue weighted by Crippen LogP contribution is 2.17. The summed E-state index contributed by atoms with van der Waals surface area (Å²) < 4.78 is 0. The zero-order valence-electron chi connectivity index (χ0n) is 6.13. The van der Waals surface area contributed by atoms with Gasteiger partial charge in [0.2, 0.25) is 0 Å². The Hall–Kier alpha value is -0.430. The molecule has 1 aliphatic carbocycles. The third kappa shape index (κ3) is 1.54. The van der Waals surface area contributed by atoms with Crippen LogP contribution < -0.4 is 0 Å². The Labute approximate surface area is 67.6 Å². The molecule has 0 nitrogen and oxygen atoms in total. The molecule has 53 valence electrons. The summed E-state index contributed by atoms with van der Waals surface area (Å²) in [6, 6.07) is 0. The standard InChI is InChI=1S/C9H11S/c1-7(2)8-5-3-4-6-9(8)10/h3-5,7H,1,6H2,2H3. The summed E-state index contributed by atoms with van der Waals surface area (Å²) in [5.74, 6) is 0.331. The van der Waals surface area contributed by atoms with Gasteiger partial charge in [-0.25, -0.2) is 0 Å². The Kier molecular flexibility index (Phi) is 2.39. The molecule has 1 radical (unpaired) electrons. The molecule has 0 spiro atoms. The Morgan fingerprint density at radius 1 is 1.70 bits per heavy atom. The van der Waals surface area contributed by atoms with Gasteiger partial charge in [-0.05, 0) is 18.4 Å². The van der Waals surface area contributed by atoms with E-state index in [1.165, 1.54) is 5.57 Å². The molecule has 10 heavy (non-hydrogen) atoms. The van der Waals surface area contributed by atoms with E-state index >= 15 is 0 Å². The fraction of sp³-hybridized carbons (Fsp3) is 0.333. The van der Waals surface area contributed by atoms with E-state index in [2.05, 4.69) is 26.0 Å².